The van der Waals surface area contributed by atoms with Gasteiger partial charge in [0.05, 0.1) is 11.2 Å². The summed E-state index contributed by atoms with van der Waals surface area (Å²) in [6.45, 7) is 0. The number of thiazole rings is 2. The lowest BCUT2D eigenvalue weighted by atomic mass is 10.2. The molecule has 3 rings (SSSR count). The van der Waals surface area contributed by atoms with Crippen LogP contribution < -0.4 is 0 Å². The number of aromatic nitrogens is 2. The van der Waals surface area contributed by atoms with Crippen LogP contribution in [-0.4, -0.2) is 9.97 Å². The first kappa shape index (κ1) is 11.1. The van der Waals surface area contributed by atoms with E-state index in [9.17, 15) is 0 Å². The minimum absolute atomic E-state index is 0.961. The van der Waals surface area contributed by atoms with Crippen LogP contribution in [0.25, 0.3) is 22.0 Å². The van der Waals surface area contributed by atoms with Crippen LogP contribution in [0.2, 0.25) is 0 Å². The quantitative estimate of drug-likeness (QED) is 0.683. The van der Waals surface area contributed by atoms with Crippen LogP contribution in [-0.2, 0) is 0 Å². The maximum absolute atomic E-state index is 4.60. The summed E-state index contributed by atoms with van der Waals surface area (Å²) in [6.07, 6.45) is 0. The van der Waals surface area contributed by atoms with Gasteiger partial charge < -0.3 is 0 Å². The van der Waals surface area contributed by atoms with Crippen molar-refractivity contribution < 1.29 is 0 Å². The van der Waals surface area contributed by atoms with Crippen molar-refractivity contribution in [1.29, 1.82) is 0 Å². The van der Waals surface area contributed by atoms with E-state index in [2.05, 4.69) is 43.4 Å². The fraction of sp³-hybridized carbons (Fsp3) is 0. The number of hydrogen-bond donors (Lipinski definition) is 0. The molecule has 0 bridgehead atoms. The van der Waals surface area contributed by atoms with Gasteiger partial charge in [0.15, 0.2) is 0 Å². The zero-order valence-electron chi connectivity index (χ0n) is 8.63. The largest absolute Gasteiger partial charge is 0.242 e. The van der Waals surface area contributed by atoms with Crippen molar-refractivity contribution in [2.75, 3.05) is 0 Å². The van der Waals surface area contributed by atoms with Gasteiger partial charge in [-0.25, -0.2) is 9.97 Å². The lowest BCUT2D eigenvalue weighted by Gasteiger charge is -1.95. The van der Waals surface area contributed by atoms with E-state index in [4.69, 9.17) is 0 Å². The van der Waals surface area contributed by atoms with Crippen molar-refractivity contribution in [3.63, 3.8) is 0 Å². The SMILES string of the molecule is Brc1ccc(-c2csc(-c3cscn3)n2)cc1. The molecule has 0 aliphatic rings. The predicted octanol–water partition coefficient (Wildman–Crippen LogP) is 4.70. The molecule has 2 heterocycles. The van der Waals surface area contributed by atoms with E-state index in [1.165, 1.54) is 0 Å². The monoisotopic (exact) mass is 322 g/mol. The zero-order valence-corrected chi connectivity index (χ0v) is 11.8. The Morgan fingerprint density at radius 3 is 2.53 bits per heavy atom. The molecule has 3 aromatic rings. The summed E-state index contributed by atoms with van der Waals surface area (Å²) in [7, 11) is 0. The summed E-state index contributed by atoms with van der Waals surface area (Å²) >= 11 is 6.65. The highest BCUT2D eigenvalue weighted by molar-refractivity contribution is 9.10. The molecule has 0 N–H and O–H groups in total. The molecule has 0 atom stereocenters. The third kappa shape index (κ3) is 2.31. The Bertz CT molecular complexity index is 614. The van der Waals surface area contributed by atoms with Gasteiger partial charge in [-0.3, -0.25) is 0 Å². The molecule has 0 amide bonds. The number of rotatable bonds is 2. The molecular formula is C12H7BrN2S2. The van der Waals surface area contributed by atoms with Gasteiger partial charge in [0.25, 0.3) is 0 Å². The maximum atomic E-state index is 4.60. The topological polar surface area (TPSA) is 25.8 Å². The molecule has 0 saturated heterocycles. The Kier molecular flexibility index (Phi) is 3.05. The average Bonchev–Trinajstić information content (AvgIpc) is 3.00. The van der Waals surface area contributed by atoms with Gasteiger partial charge in [-0.1, -0.05) is 28.1 Å². The van der Waals surface area contributed by atoms with Crippen LogP contribution in [0.5, 0.6) is 0 Å². The Morgan fingerprint density at radius 2 is 1.82 bits per heavy atom. The summed E-state index contributed by atoms with van der Waals surface area (Å²) < 4.78 is 1.08. The van der Waals surface area contributed by atoms with E-state index < -0.39 is 0 Å². The molecule has 5 heteroatoms. The number of halogens is 1. The van der Waals surface area contributed by atoms with E-state index in [1.807, 2.05) is 23.0 Å². The summed E-state index contributed by atoms with van der Waals surface area (Å²) in [6, 6.07) is 8.17. The molecule has 0 aliphatic carbocycles. The molecule has 17 heavy (non-hydrogen) atoms. The van der Waals surface area contributed by atoms with E-state index in [0.29, 0.717) is 0 Å². The highest BCUT2D eigenvalue weighted by Crippen LogP contribution is 2.29. The Labute approximate surface area is 115 Å². The standard InChI is InChI=1S/C12H7BrN2S2/c13-9-3-1-8(2-4-9)10-6-17-12(15-10)11-5-16-7-14-11/h1-7H. The molecule has 2 aromatic heterocycles. The van der Waals surface area contributed by atoms with E-state index >= 15 is 0 Å². The van der Waals surface area contributed by atoms with E-state index in [0.717, 1.165) is 26.4 Å². The van der Waals surface area contributed by atoms with Crippen LogP contribution in [0.4, 0.5) is 0 Å². The zero-order chi connectivity index (χ0) is 11.7. The van der Waals surface area contributed by atoms with Gasteiger partial charge in [-0.15, -0.1) is 22.7 Å². The Balaban J connectivity index is 1.98. The maximum Gasteiger partial charge on any atom is 0.143 e. The summed E-state index contributed by atoms with van der Waals surface area (Å²) in [5.41, 5.74) is 4.93. The lowest BCUT2D eigenvalue weighted by molar-refractivity contribution is 1.34. The molecular weight excluding hydrogens is 316 g/mol. The number of nitrogens with zero attached hydrogens (tertiary/aromatic N) is 2. The van der Waals surface area contributed by atoms with Crippen LogP contribution in [0, 0.1) is 0 Å². The fourth-order valence-corrected chi connectivity index (χ4v) is 3.13. The van der Waals surface area contributed by atoms with Crippen LogP contribution in [0.1, 0.15) is 0 Å². The first-order valence-electron chi connectivity index (χ1n) is 4.93. The highest BCUT2D eigenvalue weighted by atomic mass is 79.9. The normalized spacial score (nSPS) is 10.6. The van der Waals surface area contributed by atoms with Gasteiger partial charge >= 0.3 is 0 Å². The van der Waals surface area contributed by atoms with Gasteiger partial charge in [0.1, 0.15) is 10.7 Å². The smallest absolute Gasteiger partial charge is 0.143 e. The molecule has 0 unspecified atom stereocenters. The second kappa shape index (κ2) is 4.68. The molecule has 0 spiro atoms. The second-order valence-corrected chi connectivity index (χ2v) is 5.91. The van der Waals surface area contributed by atoms with Gasteiger partial charge in [0.2, 0.25) is 0 Å². The fourth-order valence-electron chi connectivity index (χ4n) is 1.46. The number of benzene rings is 1. The van der Waals surface area contributed by atoms with Crippen molar-refractivity contribution in [3.8, 4) is 22.0 Å². The molecule has 0 fully saturated rings. The summed E-state index contributed by atoms with van der Waals surface area (Å²) in [5.74, 6) is 0. The highest BCUT2D eigenvalue weighted by Gasteiger charge is 2.07. The Hall–Kier alpha value is -1.04. The lowest BCUT2D eigenvalue weighted by Crippen LogP contribution is -1.79. The molecule has 1 aromatic carbocycles. The minimum atomic E-state index is 0.961. The van der Waals surface area contributed by atoms with Crippen molar-refractivity contribution in [2.24, 2.45) is 0 Å². The third-order valence-electron chi connectivity index (χ3n) is 2.30. The average molecular weight is 323 g/mol. The summed E-state index contributed by atoms with van der Waals surface area (Å²) in [5, 5.41) is 5.06. The van der Waals surface area contributed by atoms with Crippen molar-refractivity contribution >= 4 is 38.6 Å². The van der Waals surface area contributed by atoms with Gasteiger partial charge in [-0.05, 0) is 12.1 Å². The predicted molar refractivity (Wildman–Crippen MR) is 76.4 cm³/mol. The van der Waals surface area contributed by atoms with Gasteiger partial charge in [0, 0.05) is 20.8 Å². The van der Waals surface area contributed by atoms with E-state index in [-0.39, 0.29) is 0 Å². The van der Waals surface area contributed by atoms with Crippen molar-refractivity contribution in [2.45, 2.75) is 0 Å². The first-order chi connectivity index (χ1) is 8.33. The number of hydrogen-bond acceptors (Lipinski definition) is 4. The first-order valence-corrected chi connectivity index (χ1v) is 7.54. The van der Waals surface area contributed by atoms with E-state index in [1.54, 1.807) is 22.7 Å². The second-order valence-electron chi connectivity index (χ2n) is 3.42. The molecule has 2 nitrogen and oxygen atoms in total. The van der Waals surface area contributed by atoms with Crippen LogP contribution in [0.15, 0.2) is 45.0 Å². The van der Waals surface area contributed by atoms with Crippen LogP contribution >= 0.6 is 38.6 Å². The molecule has 84 valence electrons. The Morgan fingerprint density at radius 1 is 1.00 bits per heavy atom. The van der Waals surface area contributed by atoms with Crippen molar-refractivity contribution in [1.82, 2.24) is 9.97 Å². The van der Waals surface area contributed by atoms with Crippen molar-refractivity contribution in [3.05, 3.63) is 45.0 Å². The minimum Gasteiger partial charge on any atom is -0.242 e. The molecule has 0 radical (unpaired) electrons. The van der Waals surface area contributed by atoms with Crippen LogP contribution in [0.3, 0.4) is 0 Å². The summed E-state index contributed by atoms with van der Waals surface area (Å²) in [4.78, 5) is 8.87. The third-order valence-corrected chi connectivity index (χ3v) is 4.28. The molecule has 0 saturated carbocycles. The molecule has 0 aliphatic heterocycles. The van der Waals surface area contributed by atoms with Gasteiger partial charge in [-0.2, -0.15) is 0 Å².